The fraction of sp³-hybridized carbons (Fsp3) is 0.381. The first kappa shape index (κ1) is 20.8. The molecule has 0 bridgehead atoms. The van der Waals surface area contributed by atoms with Gasteiger partial charge in [0.2, 0.25) is 0 Å². The van der Waals surface area contributed by atoms with Crippen LogP contribution in [0, 0.1) is 0 Å². The molecule has 0 saturated carbocycles. The van der Waals surface area contributed by atoms with Gasteiger partial charge in [-0.25, -0.2) is 0 Å². The number of aliphatic hydroxyl groups is 4. The van der Waals surface area contributed by atoms with Gasteiger partial charge in [-0.05, 0) is 24.1 Å². The quantitative estimate of drug-likeness (QED) is 0.539. The predicted molar refractivity (Wildman–Crippen MR) is 107 cm³/mol. The molecule has 0 aliphatic carbocycles. The van der Waals surface area contributed by atoms with Crippen LogP contribution in [0.5, 0.6) is 5.75 Å². The van der Waals surface area contributed by atoms with E-state index in [1.54, 1.807) is 18.2 Å². The molecule has 1 saturated heterocycles. The lowest BCUT2D eigenvalue weighted by Gasteiger charge is -2.39. The summed E-state index contributed by atoms with van der Waals surface area (Å²) in [4.78, 5) is 11.4. The topological polar surface area (TPSA) is 107 Å². The minimum absolute atomic E-state index is 0.0118. The molecule has 0 unspecified atom stereocenters. The summed E-state index contributed by atoms with van der Waals surface area (Å²) in [6.45, 7) is 1.19. The van der Waals surface area contributed by atoms with Gasteiger partial charge < -0.3 is 25.2 Å². The Hall–Kier alpha value is -1.90. The van der Waals surface area contributed by atoms with Crippen molar-refractivity contribution in [3.05, 3.63) is 65.2 Å². The van der Waals surface area contributed by atoms with E-state index >= 15 is 0 Å². The number of ketones is 1. The molecule has 0 amide bonds. The highest BCUT2D eigenvalue weighted by Crippen LogP contribution is 2.35. The molecule has 0 aromatic heterocycles. The first-order valence-electron chi connectivity index (χ1n) is 9.05. The number of carbonyl (C=O) groups excluding carboxylic acids is 1. The summed E-state index contributed by atoms with van der Waals surface area (Å²) in [5.41, 5.74) is 1.71. The molecule has 4 N–H and O–H groups in total. The number of hydrogen-bond donors (Lipinski definition) is 4. The average molecular weight is 404 g/mol. The van der Waals surface area contributed by atoms with Crippen LogP contribution in [-0.2, 0) is 6.42 Å². The molecular formula is C21H24O6S. The molecule has 3 rings (SSSR count). The fourth-order valence-corrected chi connectivity index (χ4v) is 4.37. The molecular weight excluding hydrogens is 380 g/mol. The van der Waals surface area contributed by atoms with Gasteiger partial charge in [0.1, 0.15) is 18.0 Å². The molecule has 2 aromatic carbocycles. The molecule has 150 valence electrons. The summed E-state index contributed by atoms with van der Waals surface area (Å²) in [5, 5.41) is 39.0. The molecule has 0 radical (unpaired) electrons. The van der Waals surface area contributed by atoms with Crippen molar-refractivity contribution in [1.82, 2.24) is 0 Å². The minimum Gasteiger partial charge on any atom is -0.477 e. The summed E-state index contributed by atoms with van der Waals surface area (Å²) in [6, 6.07) is 14.7. The Morgan fingerprint density at radius 2 is 1.68 bits per heavy atom. The van der Waals surface area contributed by atoms with Gasteiger partial charge in [0.15, 0.2) is 11.2 Å². The Bertz CT molecular complexity index is 807. The third-order valence-corrected chi connectivity index (χ3v) is 6.24. The van der Waals surface area contributed by atoms with E-state index in [-0.39, 0.29) is 12.4 Å². The number of hydrogen-bond acceptors (Lipinski definition) is 7. The molecule has 2 aromatic rings. The van der Waals surface area contributed by atoms with E-state index in [0.29, 0.717) is 17.7 Å². The van der Waals surface area contributed by atoms with Crippen LogP contribution in [-0.4, -0.2) is 61.8 Å². The zero-order valence-electron chi connectivity index (χ0n) is 15.4. The molecule has 7 heteroatoms. The summed E-state index contributed by atoms with van der Waals surface area (Å²) in [6.07, 6.45) is -3.34. The highest BCUT2D eigenvalue weighted by atomic mass is 32.2. The van der Waals surface area contributed by atoms with Gasteiger partial charge in [0, 0.05) is 12.0 Å². The van der Waals surface area contributed by atoms with Crippen LogP contribution >= 0.6 is 11.8 Å². The first-order chi connectivity index (χ1) is 13.4. The van der Waals surface area contributed by atoms with Gasteiger partial charge in [-0.1, -0.05) is 42.5 Å². The maximum Gasteiger partial charge on any atom is 0.173 e. The Morgan fingerprint density at radius 1 is 1.00 bits per heavy atom. The van der Waals surface area contributed by atoms with E-state index < -0.39 is 29.0 Å². The van der Waals surface area contributed by atoms with E-state index in [1.807, 2.05) is 30.3 Å². The molecule has 6 nitrogen and oxygen atoms in total. The SMILES string of the molecule is CC(=O)c1ccc(Cc2ccccc2O[C@H]2S[C@@H](CO)[C@@H](O)[C@H](O)[C@H]2O)cc1. The van der Waals surface area contributed by atoms with E-state index in [9.17, 15) is 25.2 Å². The largest absolute Gasteiger partial charge is 0.477 e. The Labute approximate surface area is 167 Å². The number of para-hydroxylation sites is 1. The van der Waals surface area contributed by atoms with Crippen molar-refractivity contribution in [2.75, 3.05) is 6.61 Å². The Kier molecular flexibility index (Phi) is 6.74. The standard InChI is InChI=1S/C21H24O6S/c1-12(23)14-8-6-13(7-9-14)10-15-4-2-3-5-16(15)27-21-20(26)19(25)18(24)17(11-22)28-21/h2-9,17-22,24-26H,10-11H2,1H3/t17-,18+,19-,20+,21-/m0/s1. The molecule has 1 heterocycles. The van der Waals surface area contributed by atoms with E-state index in [1.165, 1.54) is 6.92 Å². The van der Waals surface area contributed by atoms with Crippen LogP contribution in [0.3, 0.4) is 0 Å². The number of Topliss-reactive ketones (excluding diaryl/α,β-unsaturated/α-hetero) is 1. The van der Waals surface area contributed by atoms with Gasteiger partial charge in [0.25, 0.3) is 0 Å². The predicted octanol–water partition coefficient (Wildman–Crippen LogP) is 1.38. The minimum atomic E-state index is -1.39. The lowest BCUT2D eigenvalue weighted by atomic mass is 10.0. The van der Waals surface area contributed by atoms with Crippen LogP contribution in [0.4, 0.5) is 0 Å². The number of rotatable bonds is 6. The molecule has 28 heavy (non-hydrogen) atoms. The van der Waals surface area contributed by atoms with E-state index in [0.717, 1.165) is 22.9 Å². The number of ether oxygens (including phenoxy) is 1. The van der Waals surface area contributed by atoms with Crippen molar-refractivity contribution >= 4 is 17.5 Å². The zero-order chi connectivity index (χ0) is 20.3. The second kappa shape index (κ2) is 9.07. The second-order valence-corrected chi connectivity index (χ2v) is 8.20. The van der Waals surface area contributed by atoms with Crippen LogP contribution < -0.4 is 4.74 Å². The first-order valence-corrected chi connectivity index (χ1v) is 10.00. The Morgan fingerprint density at radius 3 is 2.32 bits per heavy atom. The van der Waals surface area contributed by atoms with Crippen molar-refractivity contribution in [2.24, 2.45) is 0 Å². The van der Waals surface area contributed by atoms with Crippen LogP contribution in [0.25, 0.3) is 0 Å². The van der Waals surface area contributed by atoms with Crippen LogP contribution in [0.2, 0.25) is 0 Å². The summed E-state index contributed by atoms with van der Waals surface area (Å²) >= 11 is 1.10. The number of thioether (sulfide) groups is 1. The van der Waals surface area contributed by atoms with Crippen molar-refractivity contribution in [2.45, 2.75) is 42.3 Å². The van der Waals surface area contributed by atoms with E-state index in [4.69, 9.17) is 4.74 Å². The van der Waals surface area contributed by atoms with Crippen molar-refractivity contribution in [3.63, 3.8) is 0 Å². The third-order valence-electron chi connectivity index (χ3n) is 4.82. The molecule has 1 aliphatic rings. The van der Waals surface area contributed by atoms with Crippen molar-refractivity contribution in [1.29, 1.82) is 0 Å². The normalized spacial score (nSPS) is 27.4. The average Bonchev–Trinajstić information content (AvgIpc) is 2.70. The van der Waals surface area contributed by atoms with Gasteiger partial charge >= 0.3 is 0 Å². The summed E-state index contributed by atoms with van der Waals surface area (Å²) in [5.74, 6) is 0.563. The van der Waals surface area contributed by atoms with E-state index in [2.05, 4.69) is 0 Å². The van der Waals surface area contributed by atoms with Gasteiger partial charge in [-0.2, -0.15) is 0 Å². The second-order valence-electron chi connectivity index (χ2n) is 6.85. The third kappa shape index (κ3) is 4.56. The van der Waals surface area contributed by atoms with Gasteiger partial charge in [-0.3, -0.25) is 4.79 Å². The number of benzene rings is 2. The summed E-state index contributed by atoms with van der Waals surface area (Å²) < 4.78 is 5.96. The maximum atomic E-state index is 11.4. The van der Waals surface area contributed by atoms with Gasteiger partial charge in [0.05, 0.1) is 18.0 Å². The van der Waals surface area contributed by atoms with Crippen molar-refractivity contribution in [3.8, 4) is 5.75 Å². The molecule has 1 fully saturated rings. The number of aliphatic hydroxyl groups excluding tert-OH is 4. The highest BCUT2D eigenvalue weighted by molar-refractivity contribution is 8.00. The lowest BCUT2D eigenvalue weighted by molar-refractivity contribution is -0.0910. The van der Waals surface area contributed by atoms with Crippen LogP contribution in [0.1, 0.15) is 28.4 Å². The number of carbonyl (C=O) groups is 1. The van der Waals surface area contributed by atoms with Crippen LogP contribution in [0.15, 0.2) is 48.5 Å². The maximum absolute atomic E-state index is 11.4. The molecule has 1 aliphatic heterocycles. The fourth-order valence-electron chi connectivity index (χ4n) is 3.13. The summed E-state index contributed by atoms with van der Waals surface area (Å²) in [7, 11) is 0. The monoisotopic (exact) mass is 404 g/mol. The molecule has 5 atom stereocenters. The smallest absolute Gasteiger partial charge is 0.173 e. The van der Waals surface area contributed by atoms with Crippen molar-refractivity contribution < 1.29 is 30.0 Å². The molecule has 0 spiro atoms. The highest BCUT2D eigenvalue weighted by Gasteiger charge is 2.44. The van der Waals surface area contributed by atoms with Gasteiger partial charge in [-0.15, -0.1) is 11.8 Å². The Balaban J connectivity index is 1.77. The zero-order valence-corrected chi connectivity index (χ0v) is 16.2. The lowest BCUT2D eigenvalue weighted by Crippen LogP contribution is -2.55.